The summed E-state index contributed by atoms with van der Waals surface area (Å²) in [4.78, 5) is 0. The van der Waals surface area contributed by atoms with Gasteiger partial charge in [0.1, 0.15) is 5.75 Å². The van der Waals surface area contributed by atoms with Gasteiger partial charge in [-0.3, -0.25) is 0 Å². The average molecular weight is 193 g/mol. The lowest BCUT2D eigenvalue weighted by molar-refractivity contribution is 0.179. The molecule has 76 valence electrons. The van der Waals surface area contributed by atoms with Gasteiger partial charge < -0.3 is 15.6 Å². The van der Waals surface area contributed by atoms with E-state index in [2.05, 4.69) is 0 Å². The summed E-state index contributed by atoms with van der Waals surface area (Å²) < 4.78 is 5.37. The van der Waals surface area contributed by atoms with Gasteiger partial charge in [0.2, 0.25) is 0 Å². The third-order valence-electron chi connectivity index (χ3n) is 2.62. The van der Waals surface area contributed by atoms with Gasteiger partial charge in [0.05, 0.1) is 18.4 Å². The predicted octanol–water partition coefficient (Wildman–Crippen LogP) is 1.65. The van der Waals surface area contributed by atoms with Crippen LogP contribution >= 0.6 is 0 Å². The van der Waals surface area contributed by atoms with Crippen LogP contribution in [0.25, 0.3) is 0 Å². The average Bonchev–Trinajstić information content (AvgIpc) is 2.49. The van der Waals surface area contributed by atoms with Crippen LogP contribution < -0.4 is 10.5 Å². The summed E-state index contributed by atoms with van der Waals surface area (Å²) in [5.41, 5.74) is 8.61. The third kappa shape index (κ3) is 1.44. The van der Waals surface area contributed by atoms with Crippen molar-refractivity contribution >= 4 is 5.69 Å². The molecule has 2 rings (SSSR count). The van der Waals surface area contributed by atoms with E-state index in [-0.39, 0.29) is 6.10 Å². The molecule has 0 aromatic heterocycles. The highest BCUT2D eigenvalue weighted by atomic mass is 16.5. The Kier molecular flexibility index (Phi) is 2.33. The largest absolute Gasteiger partial charge is 0.492 e. The molecule has 3 nitrogen and oxygen atoms in total. The van der Waals surface area contributed by atoms with Gasteiger partial charge in [0, 0.05) is 0 Å². The Balaban J connectivity index is 2.41. The Hall–Kier alpha value is -1.22. The van der Waals surface area contributed by atoms with Gasteiger partial charge in [-0.2, -0.15) is 0 Å². The molecule has 0 radical (unpaired) electrons. The molecule has 0 saturated carbocycles. The van der Waals surface area contributed by atoms with Crippen LogP contribution in [0.3, 0.4) is 0 Å². The quantitative estimate of drug-likeness (QED) is 0.702. The van der Waals surface area contributed by atoms with E-state index in [9.17, 15) is 5.11 Å². The van der Waals surface area contributed by atoms with E-state index in [1.54, 1.807) is 0 Å². The lowest BCUT2D eigenvalue weighted by Crippen LogP contribution is -1.99. The lowest BCUT2D eigenvalue weighted by Gasteiger charge is -2.10. The molecule has 3 heteroatoms. The van der Waals surface area contributed by atoms with Crippen molar-refractivity contribution in [1.82, 2.24) is 0 Å². The number of aryl methyl sites for hydroxylation is 1. The third-order valence-corrected chi connectivity index (χ3v) is 2.62. The number of aliphatic hydroxyl groups is 1. The van der Waals surface area contributed by atoms with E-state index in [1.807, 2.05) is 19.1 Å². The van der Waals surface area contributed by atoms with E-state index in [4.69, 9.17) is 10.5 Å². The van der Waals surface area contributed by atoms with E-state index >= 15 is 0 Å². The fourth-order valence-corrected chi connectivity index (χ4v) is 1.91. The van der Waals surface area contributed by atoms with Crippen molar-refractivity contribution in [2.24, 2.45) is 0 Å². The first-order valence-electron chi connectivity index (χ1n) is 4.95. The van der Waals surface area contributed by atoms with E-state index in [0.29, 0.717) is 18.0 Å². The van der Waals surface area contributed by atoms with Gasteiger partial charge in [-0.25, -0.2) is 0 Å². The topological polar surface area (TPSA) is 55.5 Å². The molecule has 0 saturated heterocycles. The smallest absolute Gasteiger partial charge is 0.142 e. The highest BCUT2D eigenvalue weighted by Gasteiger charge is 2.21. The Bertz CT molecular complexity index is 349. The summed E-state index contributed by atoms with van der Waals surface area (Å²) in [7, 11) is 0. The van der Waals surface area contributed by atoms with Crippen molar-refractivity contribution in [2.75, 3.05) is 12.3 Å². The number of hydrogen-bond donors (Lipinski definition) is 2. The first kappa shape index (κ1) is 9.34. The second-order valence-corrected chi connectivity index (χ2v) is 3.58. The minimum atomic E-state index is -0.343. The first-order valence-corrected chi connectivity index (χ1v) is 4.95. The van der Waals surface area contributed by atoms with Crippen LogP contribution in [-0.2, 0) is 6.42 Å². The number of anilines is 1. The summed E-state index contributed by atoms with van der Waals surface area (Å²) in [5, 5.41) is 9.67. The molecule has 1 aromatic carbocycles. The number of nitrogen functional groups attached to an aromatic ring is 1. The summed E-state index contributed by atoms with van der Waals surface area (Å²) >= 11 is 0. The molecular formula is C11H15NO2. The first-order chi connectivity index (χ1) is 6.72. The molecule has 0 spiro atoms. The normalized spacial score (nSPS) is 19.4. The highest BCUT2D eigenvalue weighted by Crippen LogP contribution is 2.36. The van der Waals surface area contributed by atoms with Crippen LogP contribution in [0.4, 0.5) is 5.69 Å². The zero-order valence-electron chi connectivity index (χ0n) is 8.29. The maximum absolute atomic E-state index is 9.67. The standard InChI is InChI=1S/C11H15NO2/c1-2-14-11-6-8-7(5-9(11)12)3-4-10(8)13/h5-6,10,13H,2-4,12H2,1H3. The predicted molar refractivity (Wildman–Crippen MR) is 55.3 cm³/mol. The van der Waals surface area contributed by atoms with Crippen molar-refractivity contribution < 1.29 is 9.84 Å². The second-order valence-electron chi connectivity index (χ2n) is 3.58. The summed E-state index contributed by atoms with van der Waals surface area (Å²) in [6.07, 6.45) is 1.36. The van der Waals surface area contributed by atoms with Gasteiger partial charge in [-0.1, -0.05) is 0 Å². The van der Waals surface area contributed by atoms with Crippen LogP contribution in [0.5, 0.6) is 5.75 Å². The van der Waals surface area contributed by atoms with Gasteiger partial charge in [0.25, 0.3) is 0 Å². The van der Waals surface area contributed by atoms with Gasteiger partial charge in [0.15, 0.2) is 0 Å². The molecule has 3 N–H and O–H groups in total. The number of rotatable bonds is 2. The number of aliphatic hydroxyl groups excluding tert-OH is 1. The Morgan fingerprint density at radius 1 is 1.57 bits per heavy atom. The molecular weight excluding hydrogens is 178 g/mol. The Morgan fingerprint density at radius 2 is 2.36 bits per heavy atom. The summed E-state index contributed by atoms with van der Waals surface area (Å²) in [6, 6.07) is 3.78. The van der Waals surface area contributed by atoms with E-state index in [0.717, 1.165) is 24.0 Å². The second kappa shape index (κ2) is 3.50. The molecule has 0 fully saturated rings. The summed E-state index contributed by atoms with van der Waals surface area (Å²) in [5.74, 6) is 0.687. The maximum atomic E-state index is 9.67. The van der Waals surface area contributed by atoms with Crippen molar-refractivity contribution in [3.05, 3.63) is 23.3 Å². The molecule has 1 aromatic rings. The Morgan fingerprint density at radius 3 is 3.07 bits per heavy atom. The molecule has 1 unspecified atom stereocenters. The van der Waals surface area contributed by atoms with Crippen molar-refractivity contribution in [1.29, 1.82) is 0 Å². The van der Waals surface area contributed by atoms with Crippen LogP contribution in [0.1, 0.15) is 30.6 Å². The van der Waals surface area contributed by atoms with Crippen LogP contribution in [0.2, 0.25) is 0 Å². The molecule has 1 aliphatic carbocycles. The zero-order valence-corrected chi connectivity index (χ0v) is 8.29. The number of benzene rings is 1. The number of ether oxygens (including phenoxy) is 1. The van der Waals surface area contributed by atoms with Gasteiger partial charge in [-0.05, 0) is 43.0 Å². The summed E-state index contributed by atoms with van der Waals surface area (Å²) in [6.45, 7) is 2.52. The van der Waals surface area contributed by atoms with E-state index < -0.39 is 0 Å². The van der Waals surface area contributed by atoms with Crippen molar-refractivity contribution in [3.63, 3.8) is 0 Å². The number of fused-ring (bicyclic) bond motifs is 1. The highest BCUT2D eigenvalue weighted by molar-refractivity contribution is 5.58. The molecule has 1 aliphatic rings. The van der Waals surface area contributed by atoms with Crippen molar-refractivity contribution in [2.45, 2.75) is 25.9 Å². The minimum absolute atomic E-state index is 0.343. The molecule has 1 atom stereocenters. The molecule has 0 heterocycles. The molecule has 0 bridgehead atoms. The van der Waals surface area contributed by atoms with Gasteiger partial charge in [-0.15, -0.1) is 0 Å². The van der Waals surface area contributed by atoms with Crippen molar-refractivity contribution in [3.8, 4) is 5.75 Å². The molecule has 0 amide bonds. The molecule has 0 aliphatic heterocycles. The van der Waals surface area contributed by atoms with Crippen LogP contribution in [0, 0.1) is 0 Å². The SMILES string of the molecule is CCOc1cc2c(cc1N)CCC2O. The molecule has 14 heavy (non-hydrogen) atoms. The zero-order chi connectivity index (χ0) is 10.1. The fourth-order valence-electron chi connectivity index (χ4n) is 1.91. The fraction of sp³-hybridized carbons (Fsp3) is 0.455. The van der Waals surface area contributed by atoms with Crippen LogP contribution in [-0.4, -0.2) is 11.7 Å². The van der Waals surface area contributed by atoms with Crippen LogP contribution in [0.15, 0.2) is 12.1 Å². The lowest BCUT2D eigenvalue weighted by atomic mass is 10.1. The van der Waals surface area contributed by atoms with E-state index in [1.165, 1.54) is 0 Å². The number of nitrogens with two attached hydrogens (primary N) is 1. The number of hydrogen-bond acceptors (Lipinski definition) is 3. The minimum Gasteiger partial charge on any atom is -0.492 e. The maximum Gasteiger partial charge on any atom is 0.142 e. The van der Waals surface area contributed by atoms with Gasteiger partial charge >= 0.3 is 0 Å². The Labute approximate surface area is 83.5 Å². The monoisotopic (exact) mass is 193 g/mol.